The summed E-state index contributed by atoms with van der Waals surface area (Å²) in [6.45, 7) is 3.11. The van der Waals surface area contributed by atoms with Crippen molar-refractivity contribution in [1.29, 1.82) is 5.26 Å². The number of carbonyl (C=O) groups excluding carboxylic acids is 1. The topological polar surface area (TPSA) is 123 Å². The Kier molecular flexibility index (Phi) is 8.56. The largest absolute Gasteiger partial charge is 0.365 e. The van der Waals surface area contributed by atoms with E-state index in [0.717, 1.165) is 49.1 Å². The van der Waals surface area contributed by atoms with Gasteiger partial charge in [0.1, 0.15) is 11.9 Å². The van der Waals surface area contributed by atoms with Crippen LogP contribution in [0.2, 0.25) is 0 Å². The molecular weight excluding hydrogens is 627 g/mol. The van der Waals surface area contributed by atoms with Gasteiger partial charge in [0.05, 0.1) is 22.9 Å². The number of nitrogens with zero attached hydrogens (tertiary/aromatic N) is 5. The predicted molar refractivity (Wildman–Crippen MR) is 168 cm³/mol. The highest BCUT2D eigenvalue weighted by atomic mass is 127. The van der Waals surface area contributed by atoms with E-state index in [1.807, 2.05) is 75.7 Å². The summed E-state index contributed by atoms with van der Waals surface area (Å²) in [4.78, 5) is 24.2. The molecule has 0 spiro atoms. The Morgan fingerprint density at radius 1 is 1.05 bits per heavy atom. The number of aromatic amines is 1. The van der Waals surface area contributed by atoms with Gasteiger partial charge >= 0.3 is 0 Å². The van der Waals surface area contributed by atoms with E-state index < -0.39 is 0 Å². The van der Waals surface area contributed by atoms with Gasteiger partial charge in [-0.2, -0.15) is 10.4 Å². The molecule has 5 rings (SSSR count). The van der Waals surface area contributed by atoms with Gasteiger partial charge in [0, 0.05) is 40.0 Å². The predicted octanol–water partition coefficient (Wildman–Crippen LogP) is 5.66. The standard InChI is InChI=1S/C31H29IN8O/c1-19(22-8-10-25(32)11-9-22)37-31(41)27-12-21(14-33)16-35-29(27)34-15-20-4-6-23(7-5-20)24-13-26-28(18-40(2)3)38-39-30(26)36-17-24/h4-13,16-17,19H,15,18H2,1-3H3,(H,34,35)(H,37,41)(H,36,38,39)/t19-/m0/s1. The maximum atomic E-state index is 13.2. The number of halogens is 1. The quantitative estimate of drug-likeness (QED) is 0.175. The van der Waals surface area contributed by atoms with Gasteiger partial charge in [0.2, 0.25) is 0 Å². The molecule has 0 saturated heterocycles. The van der Waals surface area contributed by atoms with Crippen LogP contribution in [0.15, 0.2) is 73.1 Å². The first-order valence-corrected chi connectivity index (χ1v) is 14.2. The molecule has 3 N–H and O–H groups in total. The van der Waals surface area contributed by atoms with Crippen molar-refractivity contribution in [2.45, 2.75) is 26.1 Å². The van der Waals surface area contributed by atoms with Crippen LogP contribution in [-0.4, -0.2) is 45.1 Å². The van der Waals surface area contributed by atoms with Gasteiger partial charge in [-0.05, 0) is 84.6 Å². The molecule has 9 nitrogen and oxygen atoms in total. The fourth-order valence-corrected chi connectivity index (χ4v) is 4.84. The van der Waals surface area contributed by atoms with Crippen LogP contribution in [0.3, 0.4) is 0 Å². The first kappa shape index (κ1) is 28.2. The number of fused-ring (bicyclic) bond motifs is 1. The third-order valence-electron chi connectivity index (χ3n) is 6.69. The summed E-state index contributed by atoms with van der Waals surface area (Å²) < 4.78 is 1.13. The normalized spacial score (nSPS) is 11.8. The molecule has 0 aliphatic rings. The lowest BCUT2D eigenvalue weighted by molar-refractivity contribution is 0.0940. The Balaban J connectivity index is 1.30. The number of anilines is 1. The Hall–Kier alpha value is -4.34. The number of aromatic nitrogens is 4. The minimum absolute atomic E-state index is 0.208. The van der Waals surface area contributed by atoms with E-state index >= 15 is 0 Å². The molecule has 0 aliphatic heterocycles. The lowest BCUT2D eigenvalue weighted by atomic mass is 10.0. The molecule has 0 bridgehead atoms. The maximum absolute atomic E-state index is 13.2. The third kappa shape index (κ3) is 6.70. The number of rotatable bonds is 9. The van der Waals surface area contributed by atoms with Crippen molar-refractivity contribution in [3.63, 3.8) is 0 Å². The summed E-state index contributed by atoms with van der Waals surface area (Å²) in [6, 6.07) is 21.7. The second-order valence-corrected chi connectivity index (χ2v) is 11.3. The highest BCUT2D eigenvalue weighted by molar-refractivity contribution is 14.1. The molecule has 5 aromatic rings. The number of H-pyrrole nitrogens is 1. The first-order chi connectivity index (χ1) is 19.8. The Bertz CT molecular complexity index is 1720. The molecule has 0 fully saturated rings. The number of nitrogens with one attached hydrogen (secondary N) is 3. The second kappa shape index (κ2) is 12.4. The van der Waals surface area contributed by atoms with Crippen LogP contribution in [0, 0.1) is 14.9 Å². The van der Waals surface area contributed by atoms with Crippen molar-refractivity contribution < 1.29 is 4.79 Å². The molecule has 0 saturated carbocycles. The van der Waals surface area contributed by atoms with Crippen LogP contribution >= 0.6 is 22.6 Å². The maximum Gasteiger partial charge on any atom is 0.255 e. The van der Waals surface area contributed by atoms with Crippen molar-refractivity contribution in [2.75, 3.05) is 19.4 Å². The average Bonchev–Trinajstić information content (AvgIpc) is 3.37. The highest BCUT2D eigenvalue weighted by Gasteiger charge is 2.17. The van der Waals surface area contributed by atoms with E-state index in [4.69, 9.17) is 0 Å². The lowest BCUT2D eigenvalue weighted by Crippen LogP contribution is -2.28. The number of benzene rings is 2. The molecule has 1 amide bonds. The summed E-state index contributed by atoms with van der Waals surface area (Å²) in [5.74, 6) is 0.123. The number of carbonyl (C=O) groups is 1. The van der Waals surface area contributed by atoms with Gasteiger partial charge in [-0.3, -0.25) is 9.89 Å². The summed E-state index contributed by atoms with van der Waals surface area (Å²) in [5.41, 5.74) is 6.44. The first-order valence-electron chi connectivity index (χ1n) is 13.1. The van der Waals surface area contributed by atoms with Crippen molar-refractivity contribution >= 4 is 45.3 Å². The zero-order valence-electron chi connectivity index (χ0n) is 22.9. The van der Waals surface area contributed by atoms with Gasteiger partial charge in [-0.25, -0.2) is 9.97 Å². The Morgan fingerprint density at radius 2 is 1.80 bits per heavy atom. The molecule has 0 unspecified atom stereocenters. The van der Waals surface area contributed by atoms with Crippen molar-refractivity contribution in [3.05, 3.63) is 105 Å². The lowest BCUT2D eigenvalue weighted by Gasteiger charge is -2.17. The fourth-order valence-electron chi connectivity index (χ4n) is 4.48. The van der Waals surface area contributed by atoms with Crippen LogP contribution in [0.5, 0.6) is 0 Å². The molecule has 10 heteroatoms. The molecule has 1 atom stereocenters. The van der Waals surface area contributed by atoms with Crippen LogP contribution in [0.4, 0.5) is 5.82 Å². The van der Waals surface area contributed by atoms with Crippen LogP contribution in [-0.2, 0) is 13.1 Å². The summed E-state index contributed by atoms with van der Waals surface area (Å²) in [6.07, 6.45) is 3.31. The molecule has 0 aliphatic carbocycles. The van der Waals surface area contributed by atoms with E-state index in [1.165, 1.54) is 6.20 Å². The van der Waals surface area contributed by atoms with Gasteiger partial charge in [-0.1, -0.05) is 36.4 Å². The minimum Gasteiger partial charge on any atom is -0.365 e. The van der Waals surface area contributed by atoms with Crippen LogP contribution in [0.25, 0.3) is 22.2 Å². The summed E-state index contributed by atoms with van der Waals surface area (Å²) in [5, 5.41) is 24.1. The van der Waals surface area contributed by atoms with E-state index in [2.05, 4.69) is 70.4 Å². The van der Waals surface area contributed by atoms with Crippen molar-refractivity contribution in [1.82, 2.24) is 30.4 Å². The van der Waals surface area contributed by atoms with E-state index in [-0.39, 0.29) is 11.9 Å². The minimum atomic E-state index is -0.297. The summed E-state index contributed by atoms with van der Waals surface area (Å²) in [7, 11) is 4.03. The number of amides is 1. The van der Waals surface area contributed by atoms with Gasteiger partial charge in [-0.15, -0.1) is 0 Å². The number of nitriles is 1. The van der Waals surface area contributed by atoms with Crippen molar-refractivity contribution in [3.8, 4) is 17.2 Å². The summed E-state index contributed by atoms with van der Waals surface area (Å²) >= 11 is 2.25. The van der Waals surface area contributed by atoms with Gasteiger partial charge < -0.3 is 15.5 Å². The molecule has 0 radical (unpaired) electrons. The van der Waals surface area contributed by atoms with Gasteiger partial charge in [0.15, 0.2) is 5.65 Å². The third-order valence-corrected chi connectivity index (χ3v) is 7.41. The fraction of sp³-hybridized carbons (Fsp3) is 0.194. The molecule has 206 valence electrons. The van der Waals surface area contributed by atoms with E-state index in [9.17, 15) is 10.1 Å². The smallest absolute Gasteiger partial charge is 0.255 e. The molecule has 3 heterocycles. The number of pyridine rings is 2. The highest BCUT2D eigenvalue weighted by Crippen LogP contribution is 2.25. The monoisotopic (exact) mass is 656 g/mol. The molecule has 41 heavy (non-hydrogen) atoms. The van der Waals surface area contributed by atoms with Gasteiger partial charge in [0.25, 0.3) is 5.91 Å². The number of hydrogen-bond acceptors (Lipinski definition) is 7. The molecule has 3 aromatic heterocycles. The van der Waals surface area contributed by atoms with Crippen molar-refractivity contribution in [2.24, 2.45) is 0 Å². The van der Waals surface area contributed by atoms with Crippen LogP contribution < -0.4 is 10.6 Å². The zero-order valence-corrected chi connectivity index (χ0v) is 25.1. The molecule has 2 aromatic carbocycles. The average molecular weight is 657 g/mol. The SMILES string of the molecule is C[C@H](NC(=O)c1cc(C#N)cnc1NCc1ccc(-c2cnc3[nH]nc(CN(C)C)c3c2)cc1)c1ccc(I)cc1. The van der Waals surface area contributed by atoms with E-state index in [0.29, 0.717) is 23.5 Å². The van der Waals surface area contributed by atoms with Crippen LogP contribution in [0.1, 0.15) is 45.7 Å². The number of hydrogen-bond donors (Lipinski definition) is 3. The van der Waals surface area contributed by atoms with E-state index in [1.54, 1.807) is 6.07 Å². The second-order valence-electron chi connectivity index (χ2n) is 10.1. The Labute approximate surface area is 252 Å². The Morgan fingerprint density at radius 3 is 2.51 bits per heavy atom. The molecular formula is C31H29IN8O. The zero-order chi connectivity index (χ0) is 28.9.